The summed E-state index contributed by atoms with van der Waals surface area (Å²) in [6.45, 7) is 2.48. The predicted molar refractivity (Wildman–Crippen MR) is 98.1 cm³/mol. The summed E-state index contributed by atoms with van der Waals surface area (Å²) in [7, 11) is 1.87. The molecule has 1 aromatic heterocycles. The molecule has 3 aromatic rings. The van der Waals surface area contributed by atoms with Gasteiger partial charge in [-0.2, -0.15) is 0 Å². The third-order valence-electron chi connectivity index (χ3n) is 4.30. The Bertz CT molecular complexity index is 884. The van der Waals surface area contributed by atoms with Gasteiger partial charge in [-0.1, -0.05) is 41.9 Å². The molecule has 24 heavy (non-hydrogen) atoms. The van der Waals surface area contributed by atoms with Crippen molar-refractivity contribution in [2.75, 3.05) is 0 Å². The van der Waals surface area contributed by atoms with Gasteiger partial charge in [0.1, 0.15) is 5.69 Å². The number of nitrogens with two attached hydrogens (primary N) is 1. The van der Waals surface area contributed by atoms with Crippen LogP contribution >= 0.6 is 11.6 Å². The van der Waals surface area contributed by atoms with Gasteiger partial charge in [0.15, 0.2) is 0 Å². The molecule has 0 spiro atoms. The van der Waals surface area contributed by atoms with Crippen molar-refractivity contribution in [1.29, 1.82) is 0 Å². The fourth-order valence-corrected chi connectivity index (χ4v) is 2.98. The lowest BCUT2D eigenvalue weighted by atomic mass is 10.1. The molecule has 0 saturated heterocycles. The molecule has 4 nitrogen and oxygen atoms in total. The van der Waals surface area contributed by atoms with E-state index in [2.05, 4.69) is 5.32 Å². The molecule has 0 aliphatic rings. The summed E-state index contributed by atoms with van der Waals surface area (Å²) in [5, 5.41) is 4.69. The highest BCUT2D eigenvalue weighted by atomic mass is 35.5. The van der Waals surface area contributed by atoms with Crippen molar-refractivity contribution >= 4 is 28.4 Å². The zero-order valence-corrected chi connectivity index (χ0v) is 14.5. The smallest absolute Gasteiger partial charge is 0.268 e. The molecule has 0 radical (unpaired) electrons. The molecule has 3 rings (SSSR count). The van der Waals surface area contributed by atoms with Crippen molar-refractivity contribution in [3.63, 3.8) is 0 Å². The maximum absolute atomic E-state index is 12.6. The Hall–Kier alpha value is -2.30. The Labute approximate surface area is 146 Å². The maximum Gasteiger partial charge on any atom is 0.268 e. The molecule has 0 bridgehead atoms. The van der Waals surface area contributed by atoms with E-state index in [1.165, 1.54) is 0 Å². The molecular weight excluding hydrogens is 322 g/mol. The van der Waals surface area contributed by atoms with Gasteiger partial charge in [-0.05, 0) is 36.2 Å². The van der Waals surface area contributed by atoms with Crippen LogP contribution in [0.25, 0.3) is 10.9 Å². The second-order valence-electron chi connectivity index (χ2n) is 5.93. The predicted octanol–water partition coefficient (Wildman–Crippen LogP) is 3.78. The van der Waals surface area contributed by atoms with Crippen molar-refractivity contribution in [2.45, 2.75) is 19.5 Å². The number of carbonyl (C=O) groups is 1. The number of carbonyl (C=O) groups excluding carboxylic acids is 1. The minimum absolute atomic E-state index is 0.0917. The Morgan fingerprint density at radius 1 is 1.21 bits per heavy atom. The number of rotatable bonds is 4. The molecule has 124 valence electrons. The highest BCUT2D eigenvalue weighted by molar-refractivity contribution is 6.31. The average Bonchev–Trinajstić information content (AvgIpc) is 2.91. The number of nitrogens with zero attached hydrogens (tertiary/aromatic N) is 1. The lowest BCUT2D eigenvalue weighted by Crippen LogP contribution is -2.28. The lowest BCUT2D eigenvalue weighted by molar-refractivity contribution is 0.0932. The van der Waals surface area contributed by atoms with Crippen molar-refractivity contribution in [1.82, 2.24) is 9.88 Å². The molecule has 1 unspecified atom stereocenters. The van der Waals surface area contributed by atoms with Gasteiger partial charge in [-0.15, -0.1) is 0 Å². The van der Waals surface area contributed by atoms with Crippen LogP contribution in [-0.2, 0) is 13.6 Å². The van der Waals surface area contributed by atoms with E-state index in [-0.39, 0.29) is 11.9 Å². The monoisotopic (exact) mass is 341 g/mol. The zero-order valence-electron chi connectivity index (χ0n) is 13.7. The molecule has 1 heterocycles. The fraction of sp³-hybridized carbons (Fsp3) is 0.211. The normalized spacial score (nSPS) is 12.3. The third-order valence-corrected chi connectivity index (χ3v) is 4.54. The van der Waals surface area contributed by atoms with Gasteiger partial charge < -0.3 is 15.6 Å². The number of benzene rings is 2. The SMILES string of the molecule is CC(NC(=O)c1cc2ccc(Cl)cc2n1C)c1ccc(CN)cc1. The Morgan fingerprint density at radius 2 is 1.92 bits per heavy atom. The number of halogens is 1. The fourth-order valence-electron chi connectivity index (χ4n) is 2.82. The lowest BCUT2D eigenvalue weighted by Gasteiger charge is -2.15. The van der Waals surface area contributed by atoms with E-state index in [0.717, 1.165) is 22.0 Å². The number of fused-ring (bicyclic) bond motifs is 1. The van der Waals surface area contributed by atoms with Gasteiger partial charge in [0, 0.05) is 29.5 Å². The van der Waals surface area contributed by atoms with E-state index >= 15 is 0 Å². The number of hydrogen-bond donors (Lipinski definition) is 2. The third kappa shape index (κ3) is 3.16. The van der Waals surface area contributed by atoms with Gasteiger partial charge in [-0.3, -0.25) is 4.79 Å². The highest BCUT2D eigenvalue weighted by Crippen LogP contribution is 2.23. The Balaban J connectivity index is 1.82. The molecule has 0 saturated carbocycles. The Morgan fingerprint density at radius 3 is 2.58 bits per heavy atom. The summed E-state index contributed by atoms with van der Waals surface area (Å²) in [6, 6.07) is 15.4. The topological polar surface area (TPSA) is 60.0 Å². The second kappa shape index (κ2) is 6.67. The largest absolute Gasteiger partial charge is 0.344 e. The summed E-state index contributed by atoms with van der Waals surface area (Å²) in [5.41, 5.74) is 9.28. The summed E-state index contributed by atoms with van der Waals surface area (Å²) >= 11 is 6.05. The van der Waals surface area contributed by atoms with E-state index in [9.17, 15) is 4.79 Å². The summed E-state index contributed by atoms with van der Waals surface area (Å²) in [5.74, 6) is -0.111. The summed E-state index contributed by atoms with van der Waals surface area (Å²) in [6.07, 6.45) is 0. The van der Waals surface area contributed by atoms with E-state index in [1.807, 2.05) is 67.1 Å². The molecule has 1 amide bonds. The minimum atomic E-state index is -0.111. The first kappa shape index (κ1) is 16.6. The van der Waals surface area contributed by atoms with Gasteiger partial charge >= 0.3 is 0 Å². The van der Waals surface area contributed by atoms with Crippen molar-refractivity contribution in [3.8, 4) is 0 Å². The van der Waals surface area contributed by atoms with Crippen LogP contribution in [-0.4, -0.2) is 10.5 Å². The molecule has 0 fully saturated rings. The van der Waals surface area contributed by atoms with Crippen LogP contribution in [0.2, 0.25) is 5.02 Å². The first-order valence-corrected chi connectivity index (χ1v) is 8.22. The van der Waals surface area contributed by atoms with E-state index in [1.54, 1.807) is 0 Å². The van der Waals surface area contributed by atoms with Gasteiger partial charge in [-0.25, -0.2) is 0 Å². The molecule has 0 aliphatic carbocycles. The van der Waals surface area contributed by atoms with Crippen molar-refractivity contribution in [3.05, 3.63) is 70.4 Å². The quantitative estimate of drug-likeness (QED) is 0.758. The first-order valence-electron chi connectivity index (χ1n) is 7.84. The van der Waals surface area contributed by atoms with Crippen LogP contribution < -0.4 is 11.1 Å². The number of aryl methyl sites for hydroxylation is 1. The van der Waals surface area contributed by atoms with Crippen LogP contribution in [0.4, 0.5) is 0 Å². The van der Waals surface area contributed by atoms with E-state index in [0.29, 0.717) is 17.3 Å². The Kier molecular flexibility index (Phi) is 4.60. The summed E-state index contributed by atoms with van der Waals surface area (Å²) < 4.78 is 1.86. The average molecular weight is 342 g/mol. The van der Waals surface area contributed by atoms with Crippen molar-refractivity contribution in [2.24, 2.45) is 12.8 Å². The zero-order chi connectivity index (χ0) is 17.3. The first-order chi connectivity index (χ1) is 11.5. The summed E-state index contributed by atoms with van der Waals surface area (Å²) in [4.78, 5) is 12.6. The van der Waals surface area contributed by atoms with Gasteiger partial charge in [0.25, 0.3) is 5.91 Å². The number of amides is 1. The van der Waals surface area contributed by atoms with Crippen LogP contribution in [0.5, 0.6) is 0 Å². The van der Waals surface area contributed by atoms with E-state index < -0.39 is 0 Å². The molecule has 2 aromatic carbocycles. The van der Waals surface area contributed by atoms with Crippen LogP contribution in [0.15, 0.2) is 48.5 Å². The van der Waals surface area contributed by atoms with Crippen LogP contribution in [0.1, 0.15) is 34.6 Å². The van der Waals surface area contributed by atoms with Crippen molar-refractivity contribution < 1.29 is 4.79 Å². The van der Waals surface area contributed by atoms with E-state index in [4.69, 9.17) is 17.3 Å². The van der Waals surface area contributed by atoms with Gasteiger partial charge in [0.2, 0.25) is 0 Å². The standard InChI is InChI=1S/C19H20ClN3O/c1-12(14-5-3-13(11-21)4-6-14)22-19(24)18-9-15-7-8-16(20)10-17(15)23(18)2/h3-10,12H,11,21H2,1-2H3,(H,22,24). The van der Waals surface area contributed by atoms with Gasteiger partial charge in [0.05, 0.1) is 6.04 Å². The molecule has 1 atom stereocenters. The molecule has 5 heteroatoms. The van der Waals surface area contributed by atoms with Crippen LogP contribution in [0, 0.1) is 0 Å². The molecular formula is C19H20ClN3O. The number of hydrogen-bond acceptors (Lipinski definition) is 2. The molecule has 3 N–H and O–H groups in total. The minimum Gasteiger partial charge on any atom is -0.344 e. The second-order valence-corrected chi connectivity index (χ2v) is 6.37. The number of nitrogens with one attached hydrogen (secondary N) is 1. The van der Waals surface area contributed by atoms with Crippen LogP contribution in [0.3, 0.4) is 0 Å². The number of aromatic nitrogens is 1. The molecule has 0 aliphatic heterocycles. The maximum atomic E-state index is 12.6. The highest BCUT2D eigenvalue weighted by Gasteiger charge is 2.16.